The Morgan fingerprint density at radius 2 is 2.07 bits per heavy atom. The molecule has 1 unspecified atom stereocenters. The number of benzene rings is 1. The van der Waals surface area contributed by atoms with Gasteiger partial charge in [-0.25, -0.2) is 0 Å². The van der Waals surface area contributed by atoms with Crippen molar-refractivity contribution in [3.8, 4) is 0 Å². The van der Waals surface area contributed by atoms with Crippen LogP contribution >= 0.6 is 0 Å². The Balaban J connectivity index is 3.27. The summed E-state index contributed by atoms with van der Waals surface area (Å²) < 4.78 is 0. The zero-order valence-electron chi connectivity index (χ0n) is 8.04. The predicted molar refractivity (Wildman–Crippen MR) is 53.0 cm³/mol. The Hall–Kier alpha value is -2.04. The average Bonchev–Trinajstić information content (AvgIpc) is 2.27. The van der Waals surface area contributed by atoms with E-state index in [1.165, 1.54) is 18.2 Å². The molecule has 0 aliphatic rings. The molecule has 0 bridgehead atoms. The van der Waals surface area contributed by atoms with Gasteiger partial charge in [-0.3, -0.25) is 14.9 Å². The number of hydrogen-bond donors (Lipinski definition) is 0. The summed E-state index contributed by atoms with van der Waals surface area (Å²) in [6.07, 6.45) is 1.12. The molecule has 0 aromatic heterocycles. The summed E-state index contributed by atoms with van der Waals surface area (Å²) in [5.41, 5.74) is 0.278. The van der Waals surface area contributed by atoms with Gasteiger partial charge in [-0.1, -0.05) is 13.0 Å². The highest BCUT2D eigenvalue weighted by atomic mass is 16.6. The second kappa shape index (κ2) is 4.45. The van der Waals surface area contributed by atoms with E-state index in [-0.39, 0.29) is 11.3 Å². The summed E-state index contributed by atoms with van der Waals surface area (Å²) in [6, 6.07) is 4.14. The predicted octanol–water partition coefficient (Wildman–Crippen LogP) is 1.71. The van der Waals surface area contributed by atoms with Crippen molar-refractivity contribution in [2.45, 2.75) is 12.8 Å². The lowest BCUT2D eigenvalue weighted by molar-refractivity contribution is -0.385. The minimum atomic E-state index is -0.634. The van der Waals surface area contributed by atoms with E-state index in [4.69, 9.17) is 0 Å². The van der Waals surface area contributed by atoms with E-state index in [2.05, 4.69) is 0 Å². The molecular weight excluding hydrogens is 198 g/mol. The number of nitrogens with zero attached hydrogens (tertiary/aromatic N) is 1. The largest absolute Gasteiger partial charge is 0.303 e. The minimum Gasteiger partial charge on any atom is -0.303 e. The Labute approximate surface area is 85.9 Å². The van der Waals surface area contributed by atoms with Crippen LogP contribution < -0.4 is 0 Å². The maximum absolute atomic E-state index is 10.6. The van der Waals surface area contributed by atoms with Crippen LogP contribution in [0.5, 0.6) is 0 Å². The van der Waals surface area contributed by atoms with Crippen molar-refractivity contribution >= 4 is 18.3 Å². The first-order chi connectivity index (χ1) is 7.10. The van der Waals surface area contributed by atoms with Gasteiger partial charge in [-0.15, -0.1) is 0 Å². The van der Waals surface area contributed by atoms with E-state index < -0.39 is 10.8 Å². The van der Waals surface area contributed by atoms with Gasteiger partial charge in [0.05, 0.1) is 10.5 Å². The maximum atomic E-state index is 10.6. The molecule has 1 atom stereocenters. The van der Waals surface area contributed by atoms with Crippen molar-refractivity contribution in [1.82, 2.24) is 0 Å². The Kier molecular flexibility index (Phi) is 3.28. The van der Waals surface area contributed by atoms with Crippen molar-refractivity contribution < 1.29 is 14.5 Å². The topological polar surface area (TPSA) is 77.3 Å². The molecule has 0 heterocycles. The summed E-state index contributed by atoms with van der Waals surface area (Å²) in [7, 11) is 0. The van der Waals surface area contributed by atoms with Crippen LogP contribution in [0.1, 0.15) is 28.8 Å². The lowest BCUT2D eigenvalue weighted by Gasteiger charge is -2.04. The van der Waals surface area contributed by atoms with E-state index in [0.717, 1.165) is 0 Å². The first kappa shape index (κ1) is 11.0. The van der Waals surface area contributed by atoms with Gasteiger partial charge in [0.15, 0.2) is 6.29 Å². The van der Waals surface area contributed by atoms with Crippen molar-refractivity contribution in [3.05, 3.63) is 39.4 Å². The first-order valence-corrected chi connectivity index (χ1v) is 4.29. The molecule has 0 saturated heterocycles. The molecule has 0 amide bonds. The Bertz CT molecular complexity index is 414. The second-order valence-electron chi connectivity index (χ2n) is 3.12. The van der Waals surface area contributed by atoms with E-state index >= 15 is 0 Å². The monoisotopic (exact) mass is 207 g/mol. The number of hydrogen-bond acceptors (Lipinski definition) is 4. The van der Waals surface area contributed by atoms with Crippen molar-refractivity contribution in [1.29, 1.82) is 0 Å². The summed E-state index contributed by atoms with van der Waals surface area (Å²) in [6.45, 7) is 1.63. The number of carbonyl (C=O) groups is 2. The molecule has 0 saturated carbocycles. The molecule has 0 aliphatic carbocycles. The number of rotatable bonds is 4. The fraction of sp³-hybridized carbons (Fsp3) is 0.200. The van der Waals surface area contributed by atoms with Gasteiger partial charge in [0, 0.05) is 12.0 Å². The van der Waals surface area contributed by atoms with E-state index in [0.29, 0.717) is 18.1 Å². The average molecular weight is 207 g/mol. The first-order valence-electron chi connectivity index (χ1n) is 4.29. The van der Waals surface area contributed by atoms with Gasteiger partial charge in [-0.2, -0.15) is 0 Å². The maximum Gasteiger partial charge on any atom is 0.280 e. The summed E-state index contributed by atoms with van der Waals surface area (Å²) in [4.78, 5) is 31.0. The molecule has 5 nitrogen and oxygen atoms in total. The normalized spacial score (nSPS) is 11.8. The Morgan fingerprint density at radius 3 is 2.53 bits per heavy atom. The van der Waals surface area contributed by atoms with Gasteiger partial charge in [-0.05, 0) is 11.6 Å². The molecule has 5 heteroatoms. The molecule has 1 rings (SSSR count). The van der Waals surface area contributed by atoms with Crippen LogP contribution in [0.2, 0.25) is 0 Å². The molecule has 0 aliphatic heterocycles. The van der Waals surface area contributed by atoms with Crippen LogP contribution in [0.25, 0.3) is 0 Å². The molecule has 15 heavy (non-hydrogen) atoms. The number of aldehydes is 2. The molecule has 0 spiro atoms. The lowest BCUT2D eigenvalue weighted by Crippen LogP contribution is -1.99. The molecule has 78 valence electrons. The highest BCUT2D eigenvalue weighted by Gasteiger charge is 2.15. The fourth-order valence-electron chi connectivity index (χ4n) is 1.18. The SMILES string of the molecule is CC(C=O)c1ccc(C=O)c([N+](=O)[O-])c1. The van der Waals surface area contributed by atoms with Crippen molar-refractivity contribution in [2.24, 2.45) is 0 Å². The van der Waals surface area contributed by atoms with Crippen molar-refractivity contribution in [2.75, 3.05) is 0 Å². The molecule has 0 fully saturated rings. The Morgan fingerprint density at radius 1 is 1.40 bits per heavy atom. The highest BCUT2D eigenvalue weighted by Crippen LogP contribution is 2.22. The third-order valence-corrected chi connectivity index (χ3v) is 2.11. The second-order valence-corrected chi connectivity index (χ2v) is 3.12. The highest BCUT2D eigenvalue weighted by molar-refractivity contribution is 5.82. The zero-order valence-corrected chi connectivity index (χ0v) is 8.04. The zero-order chi connectivity index (χ0) is 11.4. The molecular formula is C10H9NO4. The standard InChI is InChI=1S/C10H9NO4/c1-7(5-12)8-2-3-9(6-13)10(4-8)11(14)15/h2-7H,1H3. The molecule has 0 radical (unpaired) electrons. The molecule has 1 aromatic carbocycles. The van der Waals surface area contributed by atoms with E-state index in [9.17, 15) is 19.7 Å². The number of nitro benzene ring substituents is 1. The lowest BCUT2D eigenvalue weighted by atomic mass is 10.0. The van der Waals surface area contributed by atoms with Crippen LogP contribution in [0.15, 0.2) is 18.2 Å². The van der Waals surface area contributed by atoms with Gasteiger partial charge < -0.3 is 4.79 Å². The number of nitro groups is 1. The van der Waals surface area contributed by atoms with Crippen LogP contribution in [-0.2, 0) is 4.79 Å². The van der Waals surface area contributed by atoms with Gasteiger partial charge >= 0.3 is 0 Å². The third-order valence-electron chi connectivity index (χ3n) is 2.11. The van der Waals surface area contributed by atoms with Gasteiger partial charge in [0.2, 0.25) is 0 Å². The quantitative estimate of drug-likeness (QED) is 0.427. The van der Waals surface area contributed by atoms with Gasteiger partial charge in [0.1, 0.15) is 6.29 Å². The molecule has 1 aromatic rings. The van der Waals surface area contributed by atoms with E-state index in [1.54, 1.807) is 6.92 Å². The summed E-state index contributed by atoms with van der Waals surface area (Å²) in [5, 5.41) is 10.6. The minimum absolute atomic E-state index is 0.0156. The van der Waals surface area contributed by atoms with Crippen LogP contribution in [-0.4, -0.2) is 17.5 Å². The summed E-state index contributed by atoms with van der Waals surface area (Å²) in [5.74, 6) is -0.413. The van der Waals surface area contributed by atoms with Crippen LogP contribution in [0.4, 0.5) is 5.69 Å². The van der Waals surface area contributed by atoms with Crippen LogP contribution in [0, 0.1) is 10.1 Å². The van der Waals surface area contributed by atoms with Crippen LogP contribution in [0.3, 0.4) is 0 Å². The number of carbonyl (C=O) groups excluding carboxylic acids is 2. The smallest absolute Gasteiger partial charge is 0.280 e. The fourth-order valence-corrected chi connectivity index (χ4v) is 1.18. The molecule has 0 N–H and O–H groups in total. The van der Waals surface area contributed by atoms with E-state index in [1.807, 2.05) is 0 Å². The van der Waals surface area contributed by atoms with Crippen molar-refractivity contribution in [3.63, 3.8) is 0 Å². The summed E-state index contributed by atoms with van der Waals surface area (Å²) >= 11 is 0. The third kappa shape index (κ3) is 2.25. The van der Waals surface area contributed by atoms with Gasteiger partial charge in [0.25, 0.3) is 5.69 Å².